The Morgan fingerprint density at radius 3 is 2.47 bits per heavy atom. The predicted molar refractivity (Wildman–Crippen MR) is 73.3 cm³/mol. The summed E-state index contributed by atoms with van der Waals surface area (Å²) >= 11 is 0. The summed E-state index contributed by atoms with van der Waals surface area (Å²) in [7, 11) is 1.34. The van der Waals surface area contributed by atoms with E-state index in [1.165, 1.54) is 7.11 Å². The fourth-order valence-corrected chi connectivity index (χ4v) is 1.62. The Balaban J connectivity index is 2.77. The van der Waals surface area contributed by atoms with Crippen LogP contribution in [0.15, 0.2) is 12.1 Å². The van der Waals surface area contributed by atoms with E-state index in [0.29, 0.717) is 23.7 Å². The van der Waals surface area contributed by atoms with E-state index in [1.807, 2.05) is 13.8 Å². The minimum atomic E-state index is -0.396. The van der Waals surface area contributed by atoms with Gasteiger partial charge in [-0.25, -0.2) is 9.78 Å². The number of aryl methyl sites for hydroxylation is 1. The molecule has 1 rings (SSSR count). The van der Waals surface area contributed by atoms with Gasteiger partial charge in [-0.2, -0.15) is 0 Å². The maximum absolute atomic E-state index is 11.4. The third-order valence-electron chi connectivity index (χ3n) is 3.38. The molecule has 0 aliphatic heterocycles. The topological polar surface area (TPSA) is 74.4 Å². The molecule has 0 fully saturated rings. The second-order valence-electron chi connectivity index (χ2n) is 4.63. The van der Waals surface area contributed by atoms with Gasteiger partial charge in [0.15, 0.2) is 0 Å². The summed E-state index contributed by atoms with van der Waals surface area (Å²) in [6.45, 7) is 6.22. The zero-order chi connectivity index (χ0) is 14.5. The molecule has 0 aliphatic rings. The first kappa shape index (κ1) is 15.4. The fourth-order valence-electron chi connectivity index (χ4n) is 1.62. The number of hydrogen-bond donors (Lipinski definition) is 1. The number of carbonyl (C=O) groups excluding carboxylic acids is 1. The highest BCUT2D eigenvalue weighted by molar-refractivity contribution is 5.90. The highest BCUT2D eigenvalue weighted by atomic mass is 16.5. The van der Waals surface area contributed by atoms with Crippen LogP contribution in [0.5, 0.6) is 5.88 Å². The first-order valence-corrected chi connectivity index (χ1v) is 6.43. The van der Waals surface area contributed by atoms with Crippen molar-refractivity contribution >= 4 is 5.97 Å². The second-order valence-corrected chi connectivity index (χ2v) is 4.63. The normalized spacial score (nSPS) is 11.2. The molecule has 0 aliphatic carbocycles. The molecule has 1 heterocycles. The molecule has 5 nitrogen and oxygen atoms in total. The summed E-state index contributed by atoms with van der Waals surface area (Å²) < 4.78 is 10.3. The maximum Gasteiger partial charge on any atom is 0.339 e. The third kappa shape index (κ3) is 3.92. The van der Waals surface area contributed by atoms with Crippen molar-refractivity contribution in [2.24, 2.45) is 5.73 Å². The summed E-state index contributed by atoms with van der Waals surface area (Å²) in [5.41, 5.74) is 6.85. The molecular weight excluding hydrogens is 244 g/mol. The number of rotatable bonds is 6. The lowest BCUT2D eigenvalue weighted by Crippen LogP contribution is -2.44. The summed E-state index contributed by atoms with van der Waals surface area (Å²) in [5.74, 6) is 0.0775. The van der Waals surface area contributed by atoms with Crippen LogP contribution in [0.3, 0.4) is 0 Å². The van der Waals surface area contributed by atoms with Crippen LogP contribution in [-0.4, -0.2) is 30.2 Å². The van der Waals surface area contributed by atoms with Crippen molar-refractivity contribution in [3.8, 4) is 5.88 Å². The van der Waals surface area contributed by atoms with Crippen LogP contribution in [-0.2, 0) is 4.74 Å². The highest BCUT2D eigenvalue weighted by Gasteiger charge is 2.21. The Kier molecular flexibility index (Phi) is 5.30. The standard InChI is InChI=1S/C14H22N2O3/c1-5-14(15,6-2)9-19-12-8-7-11(10(3)16-12)13(17)18-4/h7-8H,5-6,9,15H2,1-4H3. The average Bonchev–Trinajstić information content (AvgIpc) is 2.44. The molecular formula is C14H22N2O3. The maximum atomic E-state index is 11.4. The SMILES string of the molecule is CCC(N)(CC)COc1ccc(C(=O)OC)c(C)n1. The lowest BCUT2D eigenvalue weighted by molar-refractivity contribution is 0.0599. The molecule has 19 heavy (non-hydrogen) atoms. The average molecular weight is 266 g/mol. The molecule has 106 valence electrons. The Bertz CT molecular complexity index is 442. The smallest absolute Gasteiger partial charge is 0.339 e. The van der Waals surface area contributed by atoms with E-state index < -0.39 is 5.97 Å². The van der Waals surface area contributed by atoms with E-state index in [0.717, 1.165) is 12.8 Å². The van der Waals surface area contributed by atoms with Crippen molar-refractivity contribution in [2.45, 2.75) is 39.2 Å². The molecule has 0 saturated heterocycles. The third-order valence-corrected chi connectivity index (χ3v) is 3.38. The minimum Gasteiger partial charge on any atom is -0.476 e. The number of hydrogen-bond acceptors (Lipinski definition) is 5. The molecule has 5 heteroatoms. The van der Waals surface area contributed by atoms with Gasteiger partial charge in [0.25, 0.3) is 0 Å². The van der Waals surface area contributed by atoms with E-state index in [9.17, 15) is 4.79 Å². The largest absolute Gasteiger partial charge is 0.476 e. The Morgan fingerprint density at radius 2 is 2.00 bits per heavy atom. The van der Waals surface area contributed by atoms with Gasteiger partial charge in [0.2, 0.25) is 5.88 Å². The Hall–Kier alpha value is -1.62. The van der Waals surface area contributed by atoms with Crippen molar-refractivity contribution in [2.75, 3.05) is 13.7 Å². The highest BCUT2D eigenvalue weighted by Crippen LogP contribution is 2.17. The Morgan fingerprint density at radius 1 is 1.37 bits per heavy atom. The van der Waals surface area contributed by atoms with Crippen LogP contribution in [0.1, 0.15) is 42.7 Å². The number of aromatic nitrogens is 1. The van der Waals surface area contributed by atoms with Gasteiger partial charge < -0.3 is 15.2 Å². The van der Waals surface area contributed by atoms with Gasteiger partial charge >= 0.3 is 5.97 Å². The van der Waals surface area contributed by atoms with Gasteiger partial charge in [-0.3, -0.25) is 0 Å². The predicted octanol–water partition coefficient (Wildman–Crippen LogP) is 2.07. The lowest BCUT2D eigenvalue weighted by Gasteiger charge is -2.26. The van der Waals surface area contributed by atoms with Gasteiger partial charge in [0.05, 0.1) is 18.4 Å². The van der Waals surface area contributed by atoms with Crippen LogP contribution < -0.4 is 10.5 Å². The lowest BCUT2D eigenvalue weighted by atomic mass is 9.96. The number of methoxy groups -OCH3 is 1. The van der Waals surface area contributed by atoms with E-state index >= 15 is 0 Å². The van der Waals surface area contributed by atoms with Crippen LogP contribution in [0.4, 0.5) is 0 Å². The first-order valence-electron chi connectivity index (χ1n) is 6.43. The molecule has 0 atom stereocenters. The first-order chi connectivity index (χ1) is 8.95. The molecule has 0 bridgehead atoms. The monoisotopic (exact) mass is 266 g/mol. The van der Waals surface area contributed by atoms with E-state index in [-0.39, 0.29) is 5.54 Å². The Labute approximate surface area is 114 Å². The number of ether oxygens (including phenoxy) is 2. The van der Waals surface area contributed by atoms with Gasteiger partial charge in [0.1, 0.15) is 6.61 Å². The number of nitrogens with two attached hydrogens (primary N) is 1. The minimum absolute atomic E-state index is 0.337. The van der Waals surface area contributed by atoms with Gasteiger partial charge in [-0.15, -0.1) is 0 Å². The van der Waals surface area contributed by atoms with Crippen molar-refractivity contribution < 1.29 is 14.3 Å². The van der Waals surface area contributed by atoms with Gasteiger partial charge in [-0.05, 0) is 25.8 Å². The van der Waals surface area contributed by atoms with Crippen molar-refractivity contribution in [1.82, 2.24) is 4.98 Å². The van der Waals surface area contributed by atoms with Crippen molar-refractivity contribution in [3.63, 3.8) is 0 Å². The van der Waals surface area contributed by atoms with Gasteiger partial charge in [0, 0.05) is 11.6 Å². The molecule has 0 radical (unpaired) electrons. The number of pyridine rings is 1. The molecule has 0 saturated carbocycles. The van der Waals surface area contributed by atoms with Crippen LogP contribution >= 0.6 is 0 Å². The van der Waals surface area contributed by atoms with E-state index in [1.54, 1.807) is 19.1 Å². The molecule has 0 spiro atoms. The molecule has 0 amide bonds. The summed E-state index contributed by atoms with van der Waals surface area (Å²) in [6, 6.07) is 3.31. The zero-order valence-corrected chi connectivity index (χ0v) is 12.0. The fraction of sp³-hybridized carbons (Fsp3) is 0.571. The molecule has 0 unspecified atom stereocenters. The quantitative estimate of drug-likeness (QED) is 0.798. The molecule has 1 aromatic rings. The summed E-state index contributed by atoms with van der Waals surface area (Å²) in [4.78, 5) is 15.7. The number of carbonyl (C=O) groups is 1. The summed E-state index contributed by atoms with van der Waals surface area (Å²) in [5, 5.41) is 0. The van der Waals surface area contributed by atoms with Crippen molar-refractivity contribution in [1.29, 1.82) is 0 Å². The van der Waals surface area contributed by atoms with Crippen LogP contribution in [0.25, 0.3) is 0 Å². The van der Waals surface area contributed by atoms with E-state index in [4.69, 9.17) is 10.5 Å². The second kappa shape index (κ2) is 6.52. The molecule has 1 aromatic heterocycles. The van der Waals surface area contributed by atoms with Crippen LogP contribution in [0.2, 0.25) is 0 Å². The van der Waals surface area contributed by atoms with Crippen molar-refractivity contribution in [3.05, 3.63) is 23.4 Å². The number of esters is 1. The molecule has 0 aromatic carbocycles. The summed E-state index contributed by atoms with van der Waals surface area (Å²) in [6.07, 6.45) is 1.67. The van der Waals surface area contributed by atoms with Crippen LogP contribution in [0, 0.1) is 6.92 Å². The molecule has 2 N–H and O–H groups in total. The zero-order valence-electron chi connectivity index (χ0n) is 12.0. The van der Waals surface area contributed by atoms with Gasteiger partial charge in [-0.1, -0.05) is 13.8 Å². The van der Waals surface area contributed by atoms with E-state index in [2.05, 4.69) is 9.72 Å². The number of nitrogens with zero attached hydrogens (tertiary/aromatic N) is 1.